The maximum absolute atomic E-state index is 6.88. The predicted octanol–water partition coefficient (Wildman–Crippen LogP) is 7.13. The van der Waals surface area contributed by atoms with Crippen LogP contribution in [0.2, 0.25) is 0 Å². The highest BCUT2D eigenvalue weighted by atomic mass is 16.5. The molecule has 0 bridgehead atoms. The van der Waals surface area contributed by atoms with Crippen molar-refractivity contribution in [1.82, 2.24) is 4.40 Å². The summed E-state index contributed by atoms with van der Waals surface area (Å²) in [6, 6.07) is 48.0. The highest BCUT2D eigenvalue weighted by Crippen LogP contribution is 2.43. The fourth-order valence-electron chi connectivity index (χ4n) is 6.88. The van der Waals surface area contributed by atoms with Gasteiger partial charge in [0.2, 0.25) is 0 Å². The van der Waals surface area contributed by atoms with E-state index >= 15 is 0 Å². The first-order valence-corrected chi connectivity index (χ1v) is 13.5. The van der Waals surface area contributed by atoms with E-state index in [0.717, 1.165) is 17.0 Å². The molecule has 6 aromatic carbocycles. The van der Waals surface area contributed by atoms with Crippen LogP contribution in [-0.2, 0) is 0 Å². The first kappa shape index (κ1) is 21.0. The Kier molecular flexibility index (Phi) is 4.17. The summed E-state index contributed by atoms with van der Waals surface area (Å²) in [6.45, 7) is 0.0488. The fourth-order valence-corrected chi connectivity index (χ4v) is 6.88. The third kappa shape index (κ3) is 2.77. The highest BCUT2D eigenvalue weighted by Gasteiger charge is 2.36. The van der Waals surface area contributed by atoms with Crippen molar-refractivity contribution in [2.45, 2.75) is 0 Å². The van der Waals surface area contributed by atoms with Crippen molar-refractivity contribution < 1.29 is 4.74 Å². The number of fused-ring (bicyclic) bond motifs is 9. The third-order valence-corrected chi connectivity index (χ3v) is 8.48. The van der Waals surface area contributed by atoms with Crippen LogP contribution in [0.15, 0.2) is 133 Å². The molecule has 0 atom stereocenters. The van der Waals surface area contributed by atoms with Crippen molar-refractivity contribution in [3.63, 3.8) is 0 Å². The van der Waals surface area contributed by atoms with Gasteiger partial charge in [0.1, 0.15) is 11.5 Å². The Morgan fingerprint density at radius 3 is 2.03 bits per heavy atom. The molecule has 1 aliphatic heterocycles. The second kappa shape index (κ2) is 7.75. The molecule has 0 fully saturated rings. The number of hydrogen-bond donors (Lipinski definition) is 0. The minimum Gasteiger partial charge on any atom is -0.456 e. The Morgan fingerprint density at radius 1 is 0.462 bits per heavy atom. The third-order valence-electron chi connectivity index (χ3n) is 8.48. The smallest absolute Gasteiger partial charge is 0.251 e. The second-order valence-corrected chi connectivity index (χ2v) is 10.5. The largest absolute Gasteiger partial charge is 0.456 e. The lowest BCUT2D eigenvalue weighted by molar-refractivity contribution is 0.492. The Balaban J connectivity index is 1.42. The molecule has 9 rings (SSSR count). The normalized spacial score (nSPS) is 12.8. The number of benzene rings is 6. The molecule has 3 heteroatoms. The van der Waals surface area contributed by atoms with Crippen molar-refractivity contribution in [2.24, 2.45) is 0 Å². The summed E-state index contributed by atoms with van der Waals surface area (Å²) in [6.07, 6.45) is 0. The first-order chi connectivity index (χ1) is 19.4. The molecule has 2 aromatic heterocycles. The molecule has 0 saturated heterocycles. The van der Waals surface area contributed by atoms with Gasteiger partial charge in [-0.25, -0.2) is 0 Å². The molecule has 0 amide bonds. The molecule has 0 radical (unpaired) electrons. The minimum absolute atomic E-state index is 0.0488. The van der Waals surface area contributed by atoms with E-state index in [-0.39, 0.29) is 6.71 Å². The molecule has 3 heterocycles. The van der Waals surface area contributed by atoms with Crippen LogP contribution in [0, 0.1) is 0 Å². The maximum Gasteiger partial charge on any atom is 0.251 e. The van der Waals surface area contributed by atoms with Crippen LogP contribution in [0.5, 0.6) is 11.5 Å². The van der Waals surface area contributed by atoms with Crippen molar-refractivity contribution in [2.75, 3.05) is 0 Å². The lowest BCUT2D eigenvalue weighted by atomic mass is 9.35. The highest BCUT2D eigenvalue weighted by molar-refractivity contribution is 6.97. The van der Waals surface area contributed by atoms with Crippen molar-refractivity contribution in [3.05, 3.63) is 133 Å². The SMILES string of the molecule is c1ccc(-c2ccccc2B2c3ccccc3Oc3c2ccc2c4cccc5c6ccccc6n(c32)c54)cc1. The van der Waals surface area contributed by atoms with Crippen LogP contribution < -0.4 is 21.1 Å². The van der Waals surface area contributed by atoms with Crippen LogP contribution >= 0.6 is 0 Å². The van der Waals surface area contributed by atoms with Crippen LogP contribution in [0.3, 0.4) is 0 Å². The van der Waals surface area contributed by atoms with Gasteiger partial charge in [0.15, 0.2) is 0 Å². The Hall–Kier alpha value is -5.02. The number of rotatable bonds is 2. The van der Waals surface area contributed by atoms with Crippen molar-refractivity contribution in [1.29, 1.82) is 0 Å². The van der Waals surface area contributed by atoms with Gasteiger partial charge in [-0.2, -0.15) is 0 Å². The zero-order valence-corrected chi connectivity index (χ0v) is 21.1. The molecule has 0 saturated carbocycles. The van der Waals surface area contributed by atoms with E-state index in [1.165, 1.54) is 60.1 Å². The van der Waals surface area contributed by atoms with Crippen LogP contribution in [0.4, 0.5) is 0 Å². The average molecular weight is 495 g/mol. The molecular formula is C36H22BNO. The van der Waals surface area contributed by atoms with Gasteiger partial charge >= 0.3 is 0 Å². The molecule has 1 aliphatic rings. The van der Waals surface area contributed by atoms with E-state index in [9.17, 15) is 0 Å². The van der Waals surface area contributed by atoms with Gasteiger partial charge in [0.25, 0.3) is 6.71 Å². The minimum atomic E-state index is 0.0488. The zero-order chi connectivity index (χ0) is 25.5. The number of aromatic nitrogens is 1. The standard InChI is InChI=1S/C36H22BNO/c1-2-11-23(12-3-1)24-13-4-6-17-29(24)37-30-18-7-9-20-33(30)39-36-31(37)22-21-28-27-16-10-15-26-25-14-5-8-19-32(25)38(34(26)27)35(28)36/h1-22H. The molecule has 39 heavy (non-hydrogen) atoms. The quantitative estimate of drug-likeness (QED) is 0.233. The number of para-hydroxylation sites is 3. The van der Waals surface area contributed by atoms with Gasteiger partial charge in [-0.3, -0.25) is 0 Å². The van der Waals surface area contributed by atoms with E-state index in [1.54, 1.807) is 0 Å². The molecule has 8 aromatic rings. The van der Waals surface area contributed by atoms with Crippen LogP contribution in [-0.4, -0.2) is 11.1 Å². The lowest BCUT2D eigenvalue weighted by Crippen LogP contribution is -2.55. The summed E-state index contributed by atoms with van der Waals surface area (Å²) in [7, 11) is 0. The zero-order valence-electron chi connectivity index (χ0n) is 21.1. The Morgan fingerprint density at radius 2 is 1.13 bits per heavy atom. The van der Waals surface area contributed by atoms with E-state index in [4.69, 9.17) is 4.74 Å². The fraction of sp³-hybridized carbons (Fsp3) is 0. The molecule has 0 N–H and O–H groups in total. The van der Waals surface area contributed by atoms with Gasteiger partial charge < -0.3 is 9.14 Å². The van der Waals surface area contributed by atoms with E-state index in [0.29, 0.717) is 0 Å². The van der Waals surface area contributed by atoms with E-state index in [2.05, 4.69) is 138 Å². The molecule has 0 unspecified atom stereocenters. The van der Waals surface area contributed by atoms with Crippen molar-refractivity contribution >= 4 is 61.2 Å². The van der Waals surface area contributed by atoms with Gasteiger partial charge in [-0.15, -0.1) is 0 Å². The average Bonchev–Trinajstić information content (AvgIpc) is 3.53. The van der Waals surface area contributed by atoms with E-state index < -0.39 is 0 Å². The van der Waals surface area contributed by atoms with Gasteiger partial charge in [0, 0.05) is 21.5 Å². The van der Waals surface area contributed by atoms with Crippen LogP contribution in [0.25, 0.3) is 49.2 Å². The summed E-state index contributed by atoms with van der Waals surface area (Å²) < 4.78 is 9.31. The van der Waals surface area contributed by atoms with Gasteiger partial charge in [-0.05, 0) is 34.2 Å². The van der Waals surface area contributed by atoms with Crippen molar-refractivity contribution in [3.8, 4) is 22.6 Å². The first-order valence-electron chi connectivity index (χ1n) is 13.5. The number of hydrogen-bond acceptors (Lipinski definition) is 1. The Labute approximate surface area is 226 Å². The molecule has 0 aliphatic carbocycles. The summed E-state index contributed by atoms with van der Waals surface area (Å²) in [4.78, 5) is 0. The monoisotopic (exact) mass is 495 g/mol. The molecule has 2 nitrogen and oxygen atoms in total. The Bertz CT molecular complexity index is 2210. The second-order valence-electron chi connectivity index (χ2n) is 10.5. The molecule has 180 valence electrons. The maximum atomic E-state index is 6.88. The predicted molar refractivity (Wildman–Crippen MR) is 164 cm³/mol. The van der Waals surface area contributed by atoms with Gasteiger partial charge in [0.05, 0.1) is 16.6 Å². The summed E-state index contributed by atoms with van der Waals surface area (Å²) >= 11 is 0. The number of nitrogens with zero attached hydrogens (tertiary/aromatic N) is 1. The summed E-state index contributed by atoms with van der Waals surface area (Å²) in [5.41, 5.74) is 9.81. The lowest BCUT2D eigenvalue weighted by Gasteiger charge is -2.28. The van der Waals surface area contributed by atoms with E-state index in [1.807, 2.05) is 0 Å². The molecule has 0 spiro atoms. The summed E-state index contributed by atoms with van der Waals surface area (Å²) in [5, 5.41) is 5.06. The van der Waals surface area contributed by atoms with Gasteiger partial charge in [-0.1, -0.05) is 127 Å². The molecular weight excluding hydrogens is 473 g/mol. The van der Waals surface area contributed by atoms with Crippen LogP contribution in [0.1, 0.15) is 0 Å². The number of ether oxygens (including phenoxy) is 1. The topological polar surface area (TPSA) is 13.6 Å². The summed E-state index contributed by atoms with van der Waals surface area (Å²) in [5.74, 6) is 1.88.